The third-order valence-electron chi connectivity index (χ3n) is 5.89. The first kappa shape index (κ1) is 21.2. The third kappa shape index (κ3) is 4.69. The Balaban J connectivity index is 1.58. The van der Waals surface area contributed by atoms with E-state index in [1.807, 2.05) is 17.9 Å². The van der Waals surface area contributed by atoms with Crippen molar-refractivity contribution in [1.29, 1.82) is 0 Å². The first-order valence-corrected chi connectivity index (χ1v) is 11.6. The van der Waals surface area contributed by atoms with Crippen LogP contribution < -0.4 is 5.32 Å². The van der Waals surface area contributed by atoms with Gasteiger partial charge >= 0.3 is 0 Å². The molecule has 1 fully saturated rings. The number of hydrogen-bond acceptors (Lipinski definition) is 4. The standard InChI is InChI=1S/C25H27N3O2S/c1-2-27-24(30)25(16-19-8-10-20(11-9-19)22-7-4-15-31-22)12-5-14-28(18-25)23(29)21-6-3-13-26-17-21/h3-4,6-11,13,15,17H,2,5,12,14,16,18H2,1H3,(H,27,30). The van der Waals surface area contributed by atoms with Crippen molar-refractivity contribution in [3.63, 3.8) is 0 Å². The maximum atomic E-state index is 13.2. The zero-order chi connectivity index (χ0) is 21.7. The molecule has 0 bridgehead atoms. The van der Waals surface area contributed by atoms with Crippen LogP contribution in [-0.2, 0) is 11.2 Å². The van der Waals surface area contributed by atoms with Gasteiger partial charge in [0.1, 0.15) is 0 Å². The Labute approximate surface area is 187 Å². The average molecular weight is 434 g/mol. The molecule has 1 aromatic carbocycles. The predicted octanol–water partition coefficient (Wildman–Crippen LogP) is 4.41. The molecule has 4 rings (SSSR count). The second-order valence-electron chi connectivity index (χ2n) is 8.06. The summed E-state index contributed by atoms with van der Waals surface area (Å²) in [6, 6.07) is 16.2. The zero-order valence-corrected chi connectivity index (χ0v) is 18.5. The van der Waals surface area contributed by atoms with Crippen LogP contribution in [0.1, 0.15) is 35.7 Å². The van der Waals surface area contributed by atoms with Crippen molar-refractivity contribution in [3.8, 4) is 10.4 Å². The summed E-state index contributed by atoms with van der Waals surface area (Å²) in [5, 5.41) is 5.09. The molecule has 3 heterocycles. The normalized spacial score (nSPS) is 18.5. The highest BCUT2D eigenvalue weighted by Gasteiger charge is 2.43. The second kappa shape index (κ2) is 9.43. The predicted molar refractivity (Wildman–Crippen MR) is 124 cm³/mol. The Kier molecular flexibility index (Phi) is 6.47. The minimum absolute atomic E-state index is 0.0287. The van der Waals surface area contributed by atoms with Crippen LogP contribution in [0.3, 0.4) is 0 Å². The molecule has 0 spiro atoms. The van der Waals surface area contributed by atoms with Gasteiger partial charge < -0.3 is 10.2 Å². The molecule has 0 aliphatic carbocycles. The highest BCUT2D eigenvalue weighted by molar-refractivity contribution is 7.13. The highest BCUT2D eigenvalue weighted by Crippen LogP contribution is 2.35. The van der Waals surface area contributed by atoms with Crippen molar-refractivity contribution in [2.24, 2.45) is 5.41 Å². The lowest BCUT2D eigenvalue weighted by Crippen LogP contribution is -2.54. The second-order valence-corrected chi connectivity index (χ2v) is 9.01. The molecule has 3 aromatic rings. The van der Waals surface area contributed by atoms with Gasteiger partial charge in [-0.05, 0) is 60.9 Å². The number of amides is 2. The largest absolute Gasteiger partial charge is 0.356 e. The maximum absolute atomic E-state index is 13.2. The molecule has 0 saturated carbocycles. The number of carbonyl (C=O) groups excluding carboxylic acids is 2. The molecular formula is C25H27N3O2S. The minimum Gasteiger partial charge on any atom is -0.356 e. The van der Waals surface area contributed by atoms with Crippen LogP contribution >= 0.6 is 11.3 Å². The van der Waals surface area contributed by atoms with Gasteiger partial charge in [0.25, 0.3) is 5.91 Å². The van der Waals surface area contributed by atoms with Crippen LogP contribution in [0.5, 0.6) is 0 Å². The fraction of sp³-hybridized carbons (Fsp3) is 0.320. The lowest BCUT2D eigenvalue weighted by molar-refractivity contribution is -0.133. The molecule has 2 amide bonds. The molecule has 160 valence electrons. The summed E-state index contributed by atoms with van der Waals surface area (Å²) in [6.45, 7) is 3.59. The van der Waals surface area contributed by atoms with Crippen molar-refractivity contribution in [2.75, 3.05) is 19.6 Å². The van der Waals surface area contributed by atoms with E-state index < -0.39 is 5.41 Å². The molecule has 0 radical (unpaired) electrons. The van der Waals surface area contributed by atoms with Crippen LogP contribution in [0.25, 0.3) is 10.4 Å². The minimum atomic E-state index is -0.628. The third-order valence-corrected chi connectivity index (χ3v) is 6.81. The van der Waals surface area contributed by atoms with Gasteiger partial charge in [-0.3, -0.25) is 14.6 Å². The highest BCUT2D eigenvalue weighted by atomic mass is 32.1. The molecule has 5 nitrogen and oxygen atoms in total. The van der Waals surface area contributed by atoms with E-state index in [4.69, 9.17) is 0 Å². The SMILES string of the molecule is CCNC(=O)C1(Cc2ccc(-c3cccs3)cc2)CCCN(C(=O)c2cccnc2)C1. The first-order valence-electron chi connectivity index (χ1n) is 10.7. The fourth-order valence-electron chi connectivity index (χ4n) is 4.36. The summed E-state index contributed by atoms with van der Waals surface area (Å²) in [7, 11) is 0. The van der Waals surface area contributed by atoms with E-state index in [9.17, 15) is 9.59 Å². The molecule has 2 aromatic heterocycles. The Bertz CT molecular complexity index is 1020. The fourth-order valence-corrected chi connectivity index (χ4v) is 5.09. The van der Waals surface area contributed by atoms with Gasteiger partial charge in [0.15, 0.2) is 0 Å². The van der Waals surface area contributed by atoms with Gasteiger partial charge in [-0.15, -0.1) is 11.3 Å². The van der Waals surface area contributed by atoms with Crippen LogP contribution in [0.4, 0.5) is 0 Å². The van der Waals surface area contributed by atoms with Gasteiger partial charge in [-0.25, -0.2) is 0 Å². The quantitative estimate of drug-likeness (QED) is 0.626. The summed E-state index contributed by atoms with van der Waals surface area (Å²) >= 11 is 1.72. The number of carbonyl (C=O) groups is 2. The smallest absolute Gasteiger partial charge is 0.255 e. The number of benzene rings is 1. The Morgan fingerprint density at radius 1 is 1.16 bits per heavy atom. The van der Waals surface area contributed by atoms with Crippen LogP contribution in [0, 0.1) is 5.41 Å². The molecule has 1 saturated heterocycles. The molecular weight excluding hydrogens is 406 g/mol. The van der Waals surface area contributed by atoms with E-state index in [0.29, 0.717) is 31.6 Å². The average Bonchev–Trinajstić information content (AvgIpc) is 3.35. The van der Waals surface area contributed by atoms with Crippen molar-refractivity contribution in [1.82, 2.24) is 15.2 Å². The molecule has 1 aliphatic heterocycles. The van der Waals surface area contributed by atoms with Gasteiger partial charge in [0.2, 0.25) is 5.91 Å². The number of rotatable bonds is 6. The van der Waals surface area contributed by atoms with Crippen molar-refractivity contribution in [2.45, 2.75) is 26.2 Å². The Hall–Kier alpha value is -2.99. The van der Waals surface area contributed by atoms with Crippen molar-refractivity contribution in [3.05, 3.63) is 77.4 Å². The first-order chi connectivity index (χ1) is 15.1. The van der Waals surface area contributed by atoms with Gasteiger partial charge in [-0.1, -0.05) is 30.3 Å². The van der Waals surface area contributed by atoms with Gasteiger partial charge in [0.05, 0.1) is 11.0 Å². The lowest BCUT2D eigenvalue weighted by atomic mass is 9.74. The number of thiophene rings is 1. The molecule has 1 unspecified atom stereocenters. The van der Waals surface area contributed by atoms with E-state index in [1.54, 1.807) is 35.9 Å². The number of likely N-dealkylation sites (tertiary alicyclic amines) is 1. The van der Waals surface area contributed by atoms with E-state index >= 15 is 0 Å². The summed E-state index contributed by atoms with van der Waals surface area (Å²) in [4.78, 5) is 33.4. The molecule has 1 N–H and O–H groups in total. The molecule has 1 atom stereocenters. The van der Waals surface area contributed by atoms with Crippen LogP contribution in [0.15, 0.2) is 66.3 Å². The Morgan fingerprint density at radius 2 is 2.00 bits per heavy atom. The summed E-state index contributed by atoms with van der Waals surface area (Å²) in [5.41, 5.74) is 2.23. The van der Waals surface area contributed by atoms with Gasteiger partial charge in [0, 0.05) is 36.9 Å². The number of nitrogens with one attached hydrogen (secondary N) is 1. The van der Waals surface area contributed by atoms with Gasteiger partial charge in [-0.2, -0.15) is 0 Å². The van der Waals surface area contributed by atoms with Crippen LogP contribution in [0.2, 0.25) is 0 Å². The van der Waals surface area contributed by atoms with Crippen molar-refractivity contribution < 1.29 is 9.59 Å². The number of hydrogen-bond donors (Lipinski definition) is 1. The maximum Gasteiger partial charge on any atom is 0.255 e. The number of nitrogens with zero attached hydrogens (tertiary/aromatic N) is 2. The van der Waals surface area contributed by atoms with E-state index in [0.717, 1.165) is 18.4 Å². The van der Waals surface area contributed by atoms with E-state index in [-0.39, 0.29) is 11.8 Å². The molecule has 1 aliphatic rings. The lowest BCUT2D eigenvalue weighted by Gasteiger charge is -2.42. The molecule has 31 heavy (non-hydrogen) atoms. The number of piperidine rings is 1. The monoisotopic (exact) mass is 433 g/mol. The zero-order valence-electron chi connectivity index (χ0n) is 17.7. The Morgan fingerprint density at radius 3 is 2.68 bits per heavy atom. The topological polar surface area (TPSA) is 62.3 Å². The van der Waals surface area contributed by atoms with E-state index in [2.05, 4.69) is 46.0 Å². The number of pyridine rings is 1. The number of aromatic nitrogens is 1. The summed E-state index contributed by atoms with van der Waals surface area (Å²) in [5.74, 6) is -0.0319. The molecule has 6 heteroatoms. The summed E-state index contributed by atoms with van der Waals surface area (Å²) in [6.07, 6.45) is 5.43. The van der Waals surface area contributed by atoms with Crippen LogP contribution in [-0.4, -0.2) is 41.3 Å². The van der Waals surface area contributed by atoms with Crippen molar-refractivity contribution >= 4 is 23.2 Å². The van der Waals surface area contributed by atoms with E-state index in [1.165, 1.54) is 10.4 Å². The summed E-state index contributed by atoms with van der Waals surface area (Å²) < 4.78 is 0.